The Balaban J connectivity index is 2.02. The molecule has 0 aliphatic rings. The monoisotopic (exact) mass is 256 g/mol. The molecule has 3 rings (SSSR count). The van der Waals surface area contributed by atoms with Crippen molar-refractivity contribution in [2.24, 2.45) is 0 Å². The molecule has 3 aromatic rings. The zero-order valence-corrected chi connectivity index (χ0v) is 10.6. The van der Waals surface area contributed by atoms with Crippen molar-refractivity contribution in [3.8, 4) is 11.3 Å². The van der Waals surface area contributed by atoms with Gasteiger partial charge in [0, 0.05) is 17.9 Å². The van der Waals surface area contributed by atoms with Gasteiger partial charge in [-0.3, -0.25) is 0 Å². The van der Waals surface area contributed by atoms with Crippen LogP contribution in [0.25, 0.3) is 22.0 Å². The molecule has 0 aliphatic heterocycles. The van der Waals surface area contributed by atoms with E-state index >= 15 is 0 Å². The van der Waals surface area contributed by atoms with Crippen LogP contribution in [0.1, 0.15) is 5.82 Å². The molecule has 0 aliphatic carbocycles. The molecule has 0 unspecified atom stereocenters. The second kappa shape index (κ2) is 4.83. The van der Waals surface area contributed by atoms with Gasteiger partial charge >= 0.3 is 0 Å². The normalized spacial score (nSPS) is 10.9. The molecule has 1 heterocycles. The first-order chi connectivity index (χ1) is 8.86. The quantitative estimate of drug-likeness (QED) is 0.705. The Morgan fingerprint density at radius 1 is 1.06 bits per heavy atom. The van der Waals surface area contributed by atoms with E-state index in [2.05, 4.69) is 52.4 Å². The zero-order chi connectivity index (χ0) is 12.4. The summed E-state index contributed by atoms with van der Waals surface area (Å²) in [5.41, 5.74) is 2.20. The Labute approximate surface area is 111 Å². The molecule has 0 bridgehead atoms. The minimum atomic E-state index is 0.588. The van der Waals surface area contributed by atoms with Crippen molar-refractivity contribution in [3.63, 3.8) is 0 Å². The average molecular weight is 257 g/mol. The van der Waals surface area contributed by atoms with Crippen molar-refractivity contribution in [3.05, 3.63) is 54.5 Å². The number of aryl methyl sites for hydroxylation is 1. The second-order valence-electron chi connectivity index (χ2n) is 4.24. The Morgan fingerprint density at radius 3 is 2.72 bits per heavy atom. The van der Waals surface area contributed by atoms with Crippen LogP contribution >= 0.6 is 11.6 Å². The van der Waals surface area contributed by atoms with Crippen LogP contribution in [-0.2, 0) is 6.42 Å². The summed E-state index contributed by atoms with van der Waals surface area (Å²) in [7, 11) is 0. The van der Waals surface area contributed by atoms with Gasteiger partial charge in [-0.1, -0.05) is 36.4 Å². The topological polar surface area (TPSA) is 28.7 Å². The van der Waals surface area contributed by atoms with E-state index in [1.165, 1.54) is 10.8 Å². The number of imidazole rings is 1. The zero-order valence-electron chi connectivity index (χ0n) is 9.86. The molecule has 90 valence electrons. The number of fused-ring (bicyclic) bond motifs is 1. The third-order valence-corrected chi connectivity index (χ3v) is 3.21. The van der Waals surface area contributed by atoms with Crippen molar-refractivity contribution in [2.75, 3.05) is 5.88 Å². The molecule has 3 heteroatoms. The van der Waals surface area contributed by atoms with Crippen molar-refractivity contribution >= 4 is 22.4 Å². The smallest absolute Gasteiger partial charge is 0.107 e. The molecule has 1 aromatic heterocycles. The molecule has 0 amide bonds. The Kier molecular flexibility index (Phi) is 3.03. The number of nitrogens with one attached hydrogen (secondary N) is 1. The number of H-pyrrole nitrogens is 1. The third kappa shape index (κ3) is 2.12. The molecular formula is C15H13ClN2. The van der Waals surface area contributed by atoms with Crippen LogP contribution in [0.4, 0.5) is 0 Å². The highest BCUT2D eigenvalue weighted by atomic mass is 35.5. The molecular weight excluding hydrogens is 244 g/mol. The summed E-state index contributed by atoms with van der Waals surface area (Å²) in [5, 5.41) is 2.49. The van der Waals surface area contributed by atoms with Crippen LogP contribution in [0.3, 0.4) is 0 Å². The SMILES string of the molecule is ClCCc1ncc(-c2ccc3ccccc3c2)[nH]1. The summed E-state index contributed by atoms with van der Waals surface area (Å²) < 4.78 is 0. The standard InChI is InChI=1S/C15H13ClN2/c16-8-7-15-17-10-14(18-15)13-6-5-11-3-1-2-4-12(11)9-13/h1-6,9-10H,7-8H2,(H,17,18). The highest BCUT2D eigenvalue weighted by Gasteiger charge is 2.03. The summed E-state index contributed by atoms with van der Waals surface area (Å²) in [5.74, 6) is 1.53. The summed E-state index contributed by atoms with van der Waals surface area (Å²) in [6, 6.07) is 14.8. The lowest BCUT2D eigenvalue weighted by Gasteiger charge is -2.01. The van der Waals surface area contributed by atoms with Gasteiger partial charge in [0.25, 0.3) is 0 Å². The number of nitrogens with zero attached hydrogens (tertiary/aromatic N) is 1. The molecule has 0 fully saturated rings. The number of halogens is 1. The molecule has 1 N–H and O–H groups in total. The van der Waals surface area contributed by atoms with Gasteiger partial charge < -0.3 is 4.98 Å². The largest absolute Gasteiger partial charge is 0.342 e. The van der Waals surface area contributed by atoms with Crippen molar-refractivity contribution in [2.45, 2.75) is 6.42 Å². The van der Waals surface area contributed by atoms with Crippen LogP contribution in [0, 0.1) is 0 Å². The maximum atomic E-state index is 5.71. The molecule has 2 aromatic carbocycles. The van der Waals surface area contributed by atoms with Gasteiger partial charge in [0.05, 0.1) is 11.9 Å². The van der Waals surface area contributed by atoms with Crippen LogP contribution < -0.4 is 0 Å². The first-order valence-electron chi connectivity index (χ1n) is 5.96. The van der Waals surface area contributed by atoms with E-state index in [4.69, 9.17) is 11.6 Å². The van der Waals surface area contributed by atoms with E-state index in [1.807, 2.05) is 6.20 Å². The summed E-state index contributed by atoms with van der Waals surface area (Å²) in [6.07, 6.45) is 2.64. The lowest BCUT2D eigenvalue weighted by atomic mass is 10.1. The molecule has 2 nitrogen and oxygen atoms in total. The lowest BCUT2D eigenvalue weighted by Crippen LogP contribution is -1.88. The van der Waals surface area contributed by atoms with Gasteiger partial charge in [-0.05, 0) is 16.8 Å². The Bertz CT molecular complexity index is 673. The summed E-state index contributed by atoms with van der Waals surface area (Å²) >= 11 is 5.71. The van der Waals surface area contributed by atoms with Gasteiger partial charge in [-0.15, -0.1) is 11.6 Å². The van der Waals surface area contributed by atoms with E-state index < -0.39 is 0 Å². The highest BCUT2D eigenvalue weighted by Crippen LogP contribution is 2.23. The fourth-order valence-electron chi connectivity index (χ4n) is 2.08. The van der Waals surface area contributed by atoms with E-state index in [1.54, 1.807) is 0 Å². The van der Waals surface area contributed by atoms with Gasteiger partial charge in [-0.2, -0.15) is 0 Å². The lowest BCUT2D eigenvalue weighted by molar-refractivity contribution is 0.997. The van der Waals surface area contributed by atoms with Gasteiger partial charge in [0.1, 0.15) is 5.82 Å². The number of rotatable bonds is 3. The average Bonchev–Trinajstić information content (AvgIpc) is 2.87. The number of benzene rings is 2. The first kappa shape index (κ1) is 11.3. The van der Waals surface area contributed by atoms with Crippen LogP contribution in [0.15, 0.2) is 48.7 Å². The molecule has 0 spiro atoms. The van der Waals surface area contributed by atoms with Crippen LogP contribution in [0.5, 0.6) is 0 Å². The van der Waals surface area contributed by atoms with E-state index in [0.29, 0.717) is 5.88 Å². The van der Waals surface area contributed by atoms with Crippen LogP contribution in [-0.4, -0.2) is 15.8 Å². The molecule has 0 atom stereocenters. The Hall–Kier alpha value is -1.80. The van der Waals surface area contributed by atoms with E-state index in [0.717, 1.165) is 23.5 Å². The third-order valence-electron chi connectivity index (χ3n) is 3.02. The summed E-state index contributed by atoms with van der Waals surface area (Å²) in [4.78, 5) is 7.62. The van der Waals surface area contributed by atoms with Gasteiger partial charge in [-0.25, -0.2) is 4.98 Å². The summed E-state index contributed by atoms with van der Waals surface area (Å²) in [6.45, 7) is 0. The highest BCUT2D eigenvalue weighted by molar-refractivity contribution is 6.17. The van der Waals surface area contributed by atoms with E-state index in [-0.39, 0.29) is 0 Å². The van der Waals surface area contributed by atoms with Crippen molar-refractivity contribution < 1.29 is 0 Å². The minimum Gasteiger partial charge on any atom is -0.342 e. The molecule has 0 saturated heterocycles. The number of aromatic amines is 1. The second-order valence-corrected chi connectivity index (χ2v) is 4.62. The number of aromatic nitrogens is 2. The molecule has 0 radical (unpaired) electrons. The first-order valence-corrected chi connectivity index (χ1v) is 6.49. The minimum absolute atomic E-state index is 0.588. The fourth-order valence-corrected chi connectivity index (χ4v) is 2.26. The fraction of sp³-hybridized carbons (Fsp3) is 0.133. The maximum absolute atomic E-state index is 5.71. The van der Waals surface area contributed by atoms with E-state index in [9.17, 15) is 0 Å². The van der Waals surface area contributed by atoms with Crippen molar-refractivity contribution in [1.82, 2.24) is 9.97 Å². The molecule has 0 saturated carbocycles. The van der Waals surface area contributed by atoms with Gasteiger partial charge in [0.2, 0.25) is 0 Å². The predicted octanol–water partition coefficient (Wildman–Crippen LogP) is 4.01. The number of hydrogen-bond donors (Lipinski definition) is 1. The predicted molar refractivity (Wildman–Crippen MR) is 76.0 cm³/mol. The van der Waals surface area contributed by atoms with Crippen LogP contribution in [0.2, 0.25) is 0 Å². The Morgan fingerprint density at radius 2 is 1.89 bits per heavy atom. The van der Waals surface area contributed by atoms with Crippen molar-refractivity contribution in [1.29, 1.82) is 0 Å². The molecule has 18 heavy (non-hydrogen) atoms. The number of alkyl halides is 1. The number of hydrogen-bond acceptors (Lipinski definition) is 1. The van der Waals surface area contributed by atoms with Gasteiger partial charge in [0.15, 0.2) is 0 Å². The maximum Gasteiger partial charge on any atom is 0.107 e.